The largest absolute Gasteiger partial charge is 0.591 e. The molecule has 6 nitrogen and oxygen atoms in total. The van der Waals surface area contributed by atoms with Crippen LogP contribution in [0, 0.1) is 0 Å². The van der Waals surface area contributed by atoms with Crippen molar-refractivity contribution in [1.29, 1.82) is 0 Å². The number of ether oxygens (including phenoxy) is 1. The summed E-state index contributed by atoms with van der Waals surface area (Å²) in [4.78, 5) is 4.55. The SMILES string of the molecule is CC(C)(C)[S+]([O-])/N=C\c1nc2cnn(COCC[Si](C)(C)C)c2cc1Br. The van der Waals surface area contributed by atoms with Gasteiger partial charge in [0.25, 0.3) is 0 Å². The number of halogens is 1. The van der Waals surface area contributed by atoms with Gasteiger partial charge in [0.2, 0.25) is 0 Å². The minimum absolute atomic E-state index is 0.398. The van der Waals surface area contributed by atoms with E-state index in [1.165, 1.54) is 0 Å². The first-order chi connectivity index (χ1) is 12.0. The van der Waals surface area contributed by atoms with Crippen molar-refractivity contribution < 1.29 is 9.29 Å². The first-order valence-corrected chi connectivity index (χ1v) is 14.1. The van der Waals surface area contributed by atoms with Crippen molar-refractivity contribution in [2.75, 3.05) is 6.61 Å². The first-order valence-electron chi connectivity index (χ1n) is 8.53. The summed E-state index contributed by atoms with van der Waals surface area (Å²) in [6.45, 7) is 13.8. The van der Waals surface area contributed by atoms with Crippen LogP contribution in [0.1, 0.15) is 26.5 Å². The molecule has 0 spiro atoms. The van der Waals surface area contributed by atoms with Crippen LogP contribution in [0.2, 0.25) is 25.7 Å². The van der Waals surface area contributed by atoms with E-state index in [1.807, 2.05) is 26.8 Å². The average Bonchev–Trinajstić information content (AvgIpc) is 2.89. The summed E-state index contributed by atoms with van der Waals surface area (Å²) in [6.07, 6.45) is 3.26. The van der Waals surface area contributed by atoms with Gasteiger partial charge in [0.05, 0.1) is 11.7 Å². The zero-order valence-corrected chi connectivity index (χ0v) is 19.6. The summed E-state index contributed by atoms with van der Waals surface area (Å²) in [5, 5.41) is 4.36. The molecular formula is C17H27BrN4O2SSi. The van der Waals surface area contributed by atoms with Gasteiger partial charge in [0.15, 0.2) is 0 Å². The number of aromatic nitrogens is 3. The molecule has 0 aliphatic heterocycles. The molecule has 1 atom stereocenters. The number of hydrogen-bond acceptors (Lipinski definition) is 5. The van der Waals surface area contributed by atoms with E-state index >= 15 is 0 Å². The maximum absolute atomic E-state index is 12.1. The molecule has 2 heterocycles. The number of fused-ring (bicyclic) bond motifs is 1. The van der Waals surface area contributed by atoms with E-state index < -0.39 is 24.2 Å². The molecule has 0 bridgehead atoms. The molecule has 0 aliphatic carbocycles. The molecule has 2 rings (SSSR count). The standard InChI is InChI=1S/C17H27BrN4O2SSi/c1-17(2,3)25(23)20-11-14-13(18)9-16-15(21-14)10-19-22(16)12-24-7-8-26(4,5)6/h9-11H,7-8,12H2,1-6H3/b20-11-. The van der Waals surface area contributed by atoms with Gasteiger partial charge < -0.3 is 9.29 Å². The number of pyridine rings is 1. The molecule has 9 heteroatoms. The first kappa shape index (κ1) is 21.6. The van der Waals surface area contributed by atoms with Gasteiger partial charge in [-0.25, -0.2) is 9.67 Å². The van der Waals surface area contributed by atoms with Crippen LogP contribution in [0.5, 0.6) is 0 Å². The molecule has 0 saturated carbocycles. The maximum Gasteiger partial charge on any atom is 0.144 e. The van der Waals surface area contributed by atoms with E-state index in [4.69, 9.17) is 4.74 Å². The number of hydrogen-bond donors (Lipinski definition) is 0. The molecule has 0 fully saturated rings. The molecular weight excluding hydrogens is 432 g/mol. The lowest BCUT2D eigenvalue weighted by atomic mass is 10.3. The van der Waals surface area contributed by atoms with Gasteiger partial charge in [-0.1, -0.05) is 24.0 Å². The highest BCUT2D eigenvalue weighted by Crippen LogP contribution is 2.22. The van der Waals surface area contributed by atoms with Crippen LogP contribution in [0.3, 0.4) is 0 Å². The number of nitrogens with zero attached hydrogens (tertiary/aromatic N) is 4. The van der Waals surface area contributed by atoms with Crippen molar-refractivity contribution in [3.05, 3.63) is 22.4 Å². The van der Waals surface area contributed by atoms with Gasteiger partial charge in [0.1, 0.15) is 40.3 Å². The van der Waals surface area contributed by atoms with E-state index in [1.54, 1.807) is 17.1 Å². The van der Waals surface area contributed by atoms with Crippen LogP contribution >= 0.6 is 15.9 Å². The highest BCUT2D eigenvalue weighted by atomic mass is 79.9. The van der Waals surface area contributed by atoms with Crippen molar-refractivity contribution in [2.45, 2.75) is 57.9 Å². The molecule has 2 aromatic heterocycles. The molecule has 0 aromatic carbocycles. The summed E-state index contributed by atoms with van der Waals surface area (Å²) < 4.78 is 24.2. The Bertz CT molecular complexity index is 783. The maximum atomic E-state index is 12.1. The lowest BCUT2D eigenvalue weighted by Gasteiger charge is -2.17. The van der Waals surface area contributed by atoms with Crippen LogP contribution in [0.25, 0.3) is 11.0 Å². The predicted molar refractivity (Wildman–Crippen MR) is 115 cm³/mol. The van der Waals surface area contributed by atoms with Crippen molar-refractivity contribution in [1.82, 2.24) is 14.8 Å². The Kier molecular flexibility index (Phi) is 7.06. The van der Waals surface area contributed by atoms with E-state index in [0.29, 0.717) is 12.4 Å². The second-order valence-corrected chi connectivity index (χ2v) is 16.8. The fourth-order valence-electron chi connectivity index (χ4n) is 1.98. The molecule has 1 unspecified atom stereocenters. The molecule has 144 valence electrons. The summed E-state index contributed by atoms with van der Waals surface area (Å²) in [5.74, 6) is 0. The highest BCUT2D eigenvalue weighted by Gasteiger charge is 2.26. The average molecular weight is 459 g/mol. The van der Waals surface area contributed by atoms with Crippen molar-refractivity contribution in [2.24, 2.45) is 4.40 Å². The topological polar surface area (TPSA) is 75.4 Å². The van der Waals surface area contributed by atoms with E-state index in [9.17, 15) is 4.55 Å². The fraction of sp³-hybridized carbons (Fsp3) is 0.588. The quantitative estimate of drug-likeness (QED) is 0.266. The van der Waals surface area contributed by atoms with Gasteiger partial charge in [0, 0.05) is 19.2 Å². The molecule has 26 heavy (non-hydrogen) atoms. The molecule has 2 aromatic rings. The van der Waals surface area contributed by atoms with E-state index in [2.05, 4.69) is 50.1 Å². The van der Waals surface area contributed by atoms with Gasteiger partial charge in [-0.15, -0.1) is 0 Å². The lowest BCUT2D eigenvalue weighted by Crippen LogP contribution is -2.25. The highest BCUT2D eigenvalue weighted by molar-refractivity contribution is 9.10. The Morgan fingerprint density at radius 2 is 2.08 bits per heavy atom. The Balaban J connectivity index is 2.11. The van der Waals surface area contributed by atoms with Crippen molar-refractivity contribution >= 4 is 52.6 Å². The monoisotopic (exact) mass is 458 g/mol. The fourth-order valence-corrected chi connectivity index (χ4v) is 3.65. The van der Waals surface area contributed by atoms with Crippen LogP contribution in [-0.2, 0) is 22.8 Å². The second kappa shape index (κ2) is 8.51. The van der Waals surface area contributed by atoms with Gasteiger partial charge in [-0.2, -0.15) is 5.10 Å². The molecule has 0 saturated heterocycles. The third-order valence-corrected chi connectivity index (χ3v) is 7.30. The van der Waals surface area contributed by atoms with Crippen LogP contribution < -0.4 is 0 Å². The van der Waals surface area contributed by atoms with E-state index in [-0.39, 0.29) is 0 Å². The minimum Gasteiger partial charge on any atom is -0.591 e. The summed E-state index contributed by atoms with van der Waals surface area (Å²) in [5.41, 5.74) is 2.28. The van der Waals surface area contributed by atoms with Crippen LogP contribution in [0.4, 0.5) is 0 Å². The smallest absolute Gasteiger partial charge is 0.144 e. The lowest BCUT2D eigenvalue weighted by molar-refractivity contribution is 0.0817. The van der Waals surface area contributed by atoms with Gasteiger partial charge in [-0.3, -0.25) is 0 Å². The minimum atomic E-state index is -1.32. The Morgan fingerprint density at radius 1 is 1.38 bits per heavy atom. The Morgan fingerprint density at radius 3 is 2.69 bits per heavy atom. The predicted octanol–water partition coefficient (Wildman–Crippen LogP) is 4.39. The molecule has 0 N–H and O–H groups in total. The van der Waals surface area contributed by atoms with Crippen LogP contribution in [0.15, 0.2) is 21.1 Å². The Hall–Kier alpha value is -0.743. The van der Waals surface area contributed by atoms with Crippen molar-refractivity contribution in [3.8, 4) is 0 Å². The van der Waals surface area contributed by atoms with Gasteiger partial charge >= 0.3 is 0 Å². The second-order valence-electron chi connectivity index (χ2n) is 8.35. The zero-order valence-electron chi connectivity index (χ0n) is 16.2. The third kappa shape index (κ3) is 6.16. The molecule has 0 amide bonds. The Labute approximate surface area is 167 Å². The summed E-state index contributed by atoms with van der Waals surface area (Å²) in [7, 11) is -1.10. The molecule has 0 radical (unpaired) electrons. The summed E-state index contributed by atoms with van der Waals surface area (Å²) >= 11 is 2.20. The summed E-state index contributed by atoms with van der Waals surface area (Å²) in [6, 6.07) is 3.07. The van der Waals surface area contributed by atoms with Crippen molar-refractivity contribution in [3.63, 3.8) is 0 Å². The van der Waals surface area contributed by atoms with E-state index in [0.717, 1.165) is 28.2 Å². The van der Waals surface area contributed by atoms with Crippen LogP contribution in [-0.4, -0.2) is 45.0 Å². The normalized spacial score (nSPS) is 14.5. The number of rotatable bonds is 7. The zero-order chi connectivity index (χ0) is 19.5. The third-order valence-electron chi connectivity index (χ3n) is 3.61. The van der Waals surface area contributed by atoms with Gasteiger partial charge in [-0.05, 0) is 48.8 Å². The molecule has 0 aliphatic rings.